The molecule has 31 heavy (non-hydrogen) atoms. The van der Waals surface area contributed by atoms with E-state index in [1.165, 1.54) is 18.4 Å². The van der Waals surface area contributed by atoms with Gasteiger partial charge in [0.1, 0.15) is 0 Å². The highest BCUT2D eigenvalue weighted by atomic mass is 32.1. The van der Waals surface area contributed by atoms with Gasteiger partial charge in [-0.15, -0.1) is 16.4 Å². The Hall–Kier alpha value is -3.66. The fraction of sp³-hybridized carbons (Fsp3) is 0.0952. The molecule has 1 amide bonds. The molecule has 0 atom stereocenters. The lowest BCUT2D eigenvalue weighted by molar-refractivity contribution is -0.137. The zero-order chi connectivity index (χ0) is 22.0. The summed E-state index contributed by atoms with van der Waals surface area (Å²) in [6.45, 7) is 0. The molecule has 0 bridgehead atoms. The fourth-order valence-corrected chi connectivity index (χ4v) is 3.55. The van der Waals surface area contributed by atoms with Crippen LogP contribution in [0.25, 0.3) is 16.4 Å². The number of hydrogen-bond donors (Lipinski definition) is 1. The van der Waals surface area contributed by atoms with Gasteiger partial charge >= 0.3 is 12.2 Å². The number of amides is 1. The van der Waals surface area contributed by atoms with Gasteiger partial charge in [0.05, 0.1) is 23.2 Å². The number of alkyl halides is 3. The number of rotatable bonds is 5. The maximum atomic E-state index is 12.7. The first-order valence-electron chi connectivity index (χ1n) is 8.99. The van der Waals surface area contributed by atoms with Crippen LogP contribution in [0.15, 0.2) is 66.0 Å². The standard InChI is InChI=1S/C21H15F3N4O2S/c1-30-20-26-18(17-6-3-11-31-17)28(27-20)16-5-2-4-15(12-16)25-19(29)13-7-9-14(10-8-13)21(22,23)24/h2-12H,1H3,(H,25,29). The van der Waals surface area contributed by atoms with Crippen molar-refractivity contribution in [2.24, 2.45) is 0 Å². The Morgan fingerprint density at radius 2 is 1.87 bits per heavy atom. The first-order chi connectivity index (χ1) is 14.8. The molecular formula is C21H15F3N4O2S. The largest absolute Gasteiger partial charge is 0.466 e. The topological polar surface area (TPSA) is 69.0 Å². The molecule has 4 rings (SSSR count). The SMILES string of the molecule is COc1nc(-c2cccs2)n(-c2cccc(NC(=O)c3ccc(C(F)(F)F)cc3)c2)n1. The second-order valence-corrected chi connectivity index (χ2v) is 7.34. The third kappa shape index (κ3) is 4.43. The average molecular weight is 444 g/mol. The molecule has 2 heterocycles. The van der Waals surface area contributed by atoms with Crippen molar-refractivity contribution >= 4 is 22.9 Å². The summed E-state index contributed by atoms with van der Waals surface area (Å²) in [7, 11) is 1.47. The summed E-state index contributed by atoms with van der Waals surface area (Å²) in [5, 5.41) is 8.95. The Labute approximate surface area is 178 Å². The minimum Gasteiger partial charge on any atom is -0.466 e. The number of methoxy groups -OCH3 is 1. The minimum atomic E-state index is -4.46. The van der Waals surface area contributed by atoms with Gasteiger partial charge in [0.2, 0.25) is 0 Å². The quantitative estimate of drug-likeness (QED) is 0.455. The van der Waals surface area contributed by atoms with Crippen molar-refractivity contribution in [2.75, 3.05) is 12.4 Å². The first-order valence-corrected chi connectivity index (χ1v) is 9.87. The van der Waals surface area contributed by atoms with Crippen LogP contribution < -0.4 is 10.1 Å². The van der Waals surface area contributed by atoms with Crippen molar-refractivity contribution in [1.29, 1.82) is 0 Å². The smallest absolute Gasteiger partial charge is 0.416 e. The van der Waals surface area contributed by atoms with Gasteiger partial charge in [-0.1, -0.05) is 12.1 Å². The van der Waals surface area contributed by atoms with Gasteiger partial charge in [0, 0.05) is 11.3 Å². The summed E-state index contributed by atoms with van der Waals surface area (Å²) >= 11 is 1.49. The van der Waals surface area contributed by atoms with E-state index in [1.807, 2.05) is 17.5 Å². The van der Waals surface area contributed by atoms with Crippen LogP contribution >= 0.6 is 11.3 Å². The number of ether oxygens (including phenoxy) is 1. The van der Waals surface area contributed by atoms with Crippen molar-refractivity contribution in [1.82, 2.24) is 14.8 Å². The van der Waals surface area contributed by atoms with E-state index in [0.717, 1.165) is 29.1 Å². The number of benzene rings is 2. The minimum absolute atomic E-state index is 0.111. The predicted octanol–water partition coefficient (Wildman–Crippen LogP) is 5.28. The molecule has 0 saturated carbocycles. The summed E-state index contributed by atoms with van der Waals surface area (Å²) < 4.78 is 44.9. The van der Waals surface area contributed by atoms with Gasteiger partial charge in [0.25, 0.3) is 5.91 Å². The van der Waals surface area contributed by atoms with Crippen molar-refractivity contribution in [3.05, 3.63) is 77.2 Å². The number of carbonyl (C=O) groups is 1. The van der Waals surface area contributed by atoms with Crippen molar-refractivity contribution in [3.63, 3.8) is 0 Å². The molecule has 0 aliphatic rings. The maximum Gasteiger partial charge on any atom is 0.416 e. The highest BCUT2D eigenvalue weighted by Gasteiger charge is 2.30. The molecule has 1 N–H and O–H groups in total. The van der Waals surface area contributed by atoms with Crippen LogP contribution in [0.1, 0.15) is 15.9 Å². The molecule has 0 fully saturated rings. The summed E-state index contributed by atoms with van der Waals surface area (Å²) in [4.78, 5) is 17.7. The molecule has 0 radical (unpaired) electrons. The van der Waals surface area contributed by atoms with Crippen LogP contribution in [0.2, 0.25) is 0 Å². The van der Waals surface area contributed by atoms with E-state index in [4.69, 9.17) is 4.74 Å². The second-order valence-electron chi connectivity index (χ2n) is 6.39. The molecule has 0 saturated heterocycles. The van der Waals surface area contributed by atoms with Gasteiger partial charge in [-0.25, -0.2) is 4.68 Å². The molecule has 6 nitrogen and oxygen atoms in total. The molecule has 10 heteroatoms. The van der Waals surface area contributed by atoms with Gasteiger partial charge in [0.15, 0.2) is 5.82 Å². The number of halogens is 3. The summed E-state index contributed by atoms with van der Waals surface area (Å²) in [6, 6.07) is 14.9. The van der Waals surface area contributed by atoms with Crippen LogP contribution in [0, 0.1) is 0 Å². The number of carbonyl (C=O) groups excluding carboxylic acids is 1. The van der Waals surface area contributed by atoms with Gasteiger partial charge in [-0.3, -0.25) is 4.79 Å². The highest BCUT2D eigenvalue weighted by molar-refractivity contribution is 7.13. The molecule has 0 unspecified atom stereocenters. The van der Waals surface area contributed by atoms with E-state index in [-0.39, 0.29) is 11.6 Å². The lowest BCUT2D eigenvalue weighted by Crippen LogP contribution is -2.13. The third-order valence-corrected chi connectivity index (χ3v) is 5.20. The van der Waals surface area contributed by atoms with Crippen LogP contribution in [-0.2, 0) is 6.18 Å². The Morgan fingerprint density at radius 3 is 2.52 bits per heavy atom. The lowest BCUT2D eigenvalue weighted by atomic mass is 10.1. The van der Waals surface area contributed by atoms with Crippen LogP contribution in [0.3, 0.4) is 0 Å². The van der Waals surface area contributed by atoms with E-state index in [9.17, 15) is 18.0 Å². The third-order valence-electron chi connectivity index (χ3n) is 4.33. The van der Waals surface area contributed by atoms with E-state index in [2.05, 4.69) is 15.4 Å². The summed E-state index contributed by atoms with van der Waals surface area (Å²) in [5.74, 6) is 0.0543. The lowest BCUT2D eigenvalue weighted by Gasteiger charge is -2.10. The molecule has 0 aliphatic carbocycles. The van der Waals surface area contributed by atoms with E-state index in [1.54, 1.807) is 28.9 Å². The van der Waals surface area contributed by atoms with Crippen LogP contribution in [0.5, 0.6) is 6.01 Å². The molecule has 0 aliphatic heterocycles. The van der Waals surface area contributed by atoms with E-state index >= 15 is 0 Å². The molecular weight excluding hydrogens is 429 g/mol. The van der Waals surface area contributed by atoms with Crippen LogP contribution in [0.4, 0.5) is 18.9 Å². The number of aromatic nitrogens is 3. The molecule has 158 valence electrons. The monoisotopic (exact) mass is 444 g/mol. The Morgan fingerprint density at radius 1 is 1.10 bits per heavy atom. The maximum absolute atomic E-state index is 12.7. The Kier molecular flexibility index (Phi) is 5.47. The molecule has 0 spiro atoms. The highest BCUT2D eigenvalue weighted by Crippen LogP contribution is 2.30. The summed E-state index contributed by atoms with van der Waals surface area (Å²) in [5.41, 5.74) is 0.380. The average Bonchev–Trinajstić information content (AvgIpc) is 3.43. The predicted molar refractivity (Wildman–Crippen MR) is 111 cm³/mol. The van der Waals surface area contributed by atoms with Crippen LogP contribution in [-0.4, -0.2) is 27.8 Å². The second kappa shape index (κ2) is 8.23. The normalized spacial score (nSPS) is 11.4. The zero-order valence-corrected chi connectivity index (χ0v) is 16.9. The van der Waals surface area contributed by atoms with E-state index < -0.39 is 17.6 Å². The van der Waals surface area contributed by atoms with Crippen molar-refractivity contribution < 1.29 is 22.7 Å². The zero-order valence-electron chi connectivity index (χ0n) is 16.1. The fourth-order valence-electron chi connectivity index (χ4n) is 2.85. The van der Waals surface area contributed by atoms with Gasteiger partial charge in [-0.2, -0.15) is 18.2 Å². The number of hydrogen-bond acceptors (Lipinski definition) is 5. The van der Waals surface area contributed by atoms with Crippen molar-refractivity contribution in [3.8, 4) is 22.4 Å². The first kappa shape index (κ1) is 20.6. The van der Waals surface area contributed by atoms with E-state index in [0.29, 0.717) is 17.2 Å². The van der Waals surface area contributed by atoms with Crippen molar-refractivity contribution in [2.45, 2.75) is 6.18 Å². The Balaban J connectivity index is 1.60. The van der Waals surface area contributed by atoms with Gasteiger partial charge in [-0.05, 0) is 53.9 Å². The Bertz CT molecular complexity index is 1200. The number of thiophene rings is 1. The molecule has 2 aromatic heterocycles. The molecule has 4 aromatic rings. The number of anilines is 1. The van der Waals surface area contributed by atoms with Gasteiger partial charge < -0.3 is 10.1 Å². The number of nitrogens with one attached hydrogen (secondary N) is 1. The summed E-state index contributed by atoms with van der Waals surface area (Å²) in [6.07, 6.45) is -4.46. The molecule has 2 aromatic carbocycles. The number of nitrogens with zero attached hydrogens (tertiary/aromatic N) is 3.